The SMILES string of the molecule is Cc1nccn1-c1ccc(CNC(=O)c2nc3nccc(C)n3n2)cc1F. The van der Waals surface area contributed by atoms with Crippen molar-refractivity contribution >= 4 is 11.7 Å². The smallest absolute Gasteiger partial charge is 0.291 e. The highest BCUT2D eigenvalue weighted by Gasteiger charge is 2.14. The molecule has 0 radical (unpaired) electrons. The van der Waals surface area contributed by atoms with Crippen molar-refractivity contribution < 1.29 is 9.18 Å². The molecule has 9 heteroatoms. The molecule has 0 bridgehead atoms. The summed E-state index contributed by atoms with van der Waals surface area (Å²) in [6.45, 7) is 3.80. The van der Waals surface area contributed by atoms with E-state index in [9.17, 15) is 9.18 Å². The minimum Gasteiger partial charge on any atom is -0.345 e. The fourth-order valence-electron chi connectivity index (χ4n) is 2.75. The maximum absolute atomic E-state index is 14.4. The van der Waals surface area contributed by atoms with Gasteiger partial charge in [-0.1, -0.05) is 6.07 Å². The maximum atomic E-state index is 14.4. The van der Waals surface area contributed by atoms with E-state index >= 15 is 0 Å². The number of amides is 1. The third-order valence-corrected chi connectivity index (χ3v) is 4.18. The van der Waals surface area contributed by atoms with Crippen LogP contribution in [0.5, 0.6) is 0 Å². The zero-order valence-electron chi connectivity index (χ0n) is 14.7. The lowest BCUT2D eigenvalue weighted by Gasteiger charge is -2.09. The van der Waals surface area contributed by atoms with E-state index in [0.717, 1.165) is 5.69 Å². The van der Waals surface area contributed by atoms with Crippen LogP contribution in [0.15, 0.2) is 42.9 Å². The van der Waals surface area contributed by atoms with E-state index in [2.05, 4.69) is 25.4 Å². The Labute approximate surface area is 153 Å². The lowest BCUT2D eigenvalue weighted by molar-refractivity contribution is 0.0940. The Balaban J connectivity index is 1.49. The number of hydrogen-bond donors (Lipinski definition) is 1. The number of aromatic nitrogens is 6. The molecular formula is C18H16FN7O. The van der Waals surface area contributed by atoms with E-state index < -0.39 is 11.7 Å². The highest BCUT2D eigenvalue weighted by atomic mass is 19.1. The molecule has 0 fully saturated rings. The monoisotopic (exact) mass is 365 g/mol. The summed E-state index contributed by atoms with van der Waals surface area (Å²) >= 11 is 0. The number of rotatable bonds is 4. The van der Waals surface area contributed by atoms with Crippen molar-refractivity contribution in [2.45, 2.75) is 20.4 Å². The highest BCUT2D eigenvalue weighted by Crippen LogP contribution is 2.16. The van der Waals surface area contributed by atoms with Gasteiger partial charge in [0.2, 0.25) is 5.82 Å². The molecule has 0 aliphatic carbocycles. The first kappa shape index (κ1) is 16.8. The normalized spacial score (nSPS) is 11.1. The Morgan fingerprint density at radius 2 is 2.04 bits per heavy atom. The van der Waals surface area contributed by atoms with Gasteiger partial charge in [-0.25, -0.2) is 18.9 Å². The van der Waals surface area contributed by atoms with Gasteiger partial charge < -0.3 is 9.88 Å². The van der Waals surface area contributed by atoms with Crippen LogP contribution in [0, 0.1) is 19.7 Å². The molecule has 1 N–H and O–H groups in total. The molecule has 1 amide bonds. The van der Waals surface area contributed by atoms with Crippen molar-refractivity contribution in [3.8, 4) is 5.69 Å². The molecule has 0 aliphatic heterocycles. The number of nitrogens with one attached hydrogen (secondary N) is 1. The second-order valence-electron chi connectivity index (χ2n) is 6.05. The van der Waals surface area contributed by atoms with Crippen molar-refractivity contribution in [3.05, 3.63) is 71.6 Å². The van der Waals surface area contributed by atoms with E-state index in [0.29, 0.717) is 22.9 Å². The number of halogens is 1. The van der Waals surface area contributed by atoms with Gasteiger partial charge >= 0.3 is 0 Å². The zero-order chi connectivity index (χ0) is 19.0. The van der Waals surface area contributed by atoms with E-state index in [4.69, 9.17) is 0 Å². The number of benzene rings is 1. The van der Waals surface area contributed by atoms with Gasteiger partial charge in [0, 0.05) is 30.8 Å². The standard InChI is InChI=1S/C18H16FN7O/c1-11-5-6-21-18-23-16(24-26(11)18)17(27)22-10-13-3-4-15(14(19)9-13)25-8-7-20-12(25)2/h3-9H,10H2,1-2H3,(H,22,27). The van der Waals surface area contributed by atoms with Crippen molar-refractivity contribution in [1.29, 1.82) is 0 Å². The summed E-state index contributed by atoms with van der Waals surface area (Å²) in [4.78, 5) is 24.6. The molecule has 8 nitrogen and oxygen atoms in total. The fraction of sp³-hybridized carbons (Fsp3) is 0.167. The van der Waals surface area contributed by atoms with Gasteiger partial charge in [-0.15, -0.1) is 5.10 Å². The van der Waals surface area contributed by atoms with Crippen LogP contribution in [-0.2, 0) is 6.54 Å². The van der Waals surface area contributed by atoms with Crippen molar-refractivity contribution in [1.82, 2.24) is 34.4 Å². The Morgan fingerprint density at radius 1 is 1.19 bits per heavy atom. The highest BCUT2D eigenvalue weighted by molar-refractivity contribution is 5.90. The molecule has 0 spiro atoms. The predicted octanol–water partition coefficient (Wildman–Crippen LogP) is 2.00. The van der Waals surface area contributed by atoms with Crippen molar-refractivity contribution in [2.75, 3.05) is 0 Å². The summed E-state index contributed by atoms with van der Waals surface area (Å²) in [7, 11) is 0. The summed E-state index contributed by atoms with van der Waals surface area (Å²) in [5, 5.41) is 6.84. The average molecular weight is 365 g/mol. The molecule has 0 saturated heterocycles. The largest absolute Gasteiger partial charge is 0.345 e. The third kappa shape index (κ3) is 3.14. The van der Waals surface area contributed by atoms with Gasteiger partial charge in [-0.3, -0.25) is 4.79 Å². The molecule has 0 atom stereocenters. The molecule has 1 aromatic carbocycles. The van der Waals surface area contributed by atoms with Crippen LogP contribution >= 0.6 is 0 Å². The van der Waals surface area contributed by atoms with Gasteiger partial charge in [0.25, 0.3) is 11.7 Å². The Hall–Kier alpha value is -3.62. The van der Waals surface area contributed by atoms with E-state index in [1.165, 1.54) is 10.6 Å². The van der Waals surface area contributed by atoms with Gasteiger partial charge in [-0.05, 0) is 37.6 Å². The summed E-state index contributed by atoms with van der Waals surface area (Å²) in [5.74, 6) is 0.217. The van der Waals surface area contributed by atoms with Crippen LogP contribution in [0.4, 0.5) is 4.39 Å². The van der Waals surface area contributed by atoms with Crippen LogP contribution in [0.25, 0.3) is 11.5 Å². The second-order valence-corrected chi connectivity index (χ2v) is 6.05. The first-order valence-corrected chi connectivity index (χ1v) is 8.28. The predicted molar refractivity (Wildman–Crippen MR) is 94.9 cm³/mol. The van der Waals surface area contributed by atoms with Crippen LogP contribution in [0.3, 0.4) is 0 Å². The summed E-state index contributed by atoms with van der Waals surface area (Å²) in [6, 6.07) is 6.57. The molecule has 3 aromatic heterocycles. The molecule has 0 saturated carbocycles. The molecule has 0 unspecified atom stereocenters. The molecule has 0 aliphatic rings. The number of carbonyl (C=O) groups excluding carboxylic acids is 1. The van der Waals surface area contributed by atoms with E-state index in [1.54, 1.807) is 48.3 Å². The Morgan fingerprint density at radius 3 is 2.74 bits per heavy atom. The summed E-state index contributed by atoms with van der Waals surface area (Å²) < 4.78 is 17.6. The first-order valence-electron chi connectivity index (χ1n) is 8.28. The third-order valence-electron chi connectivity index (χ3n) is 4.18. The Kier molecular flexibility index (Phi) is 4.11. The topological polar surface area (TPSA) is 90.0 Å². The summed E-state index contributed by atoms with van der Waals surface area (Å²) in [5.41, 5.74) is 1.85. The zero-order valence-corrected chi connectivity index (χ0v) is 14.7. The number of aryl methyl sites for hydroxylation is 2. The van der Waals surface area contributed by atoms with Crippen LogP contribution in [0.2, 0.25) is 0 Å². The minimum absolute atomic E-state index is 0.0166. The lowest BCUT2D eigenvalue weighted by Crippen LogP contribution is -2.24. The van der Waals surface area contributed by atoms with E-state index in [-0.39, 0.29) is 12.4 Å². The van der Waals surface area contributed by atoms with Gasteiger partial charge in [0.15, 0.2) is 0 Å². The van der Waals surface area contributed by atoms with Crippen LogP contribution in [0.1, 0.15) is 27.7 Å². The number of hydrogen-bond acceptors (Lipinski definition) is 5. The number of nitrogens with zero attached hydrogens (tertiary/aromatic N) is 6. The van der Waals surface area contributed by atoms with E-state index in [1.807, 2.05) is 6.92 Å². The number of carbonyl (C=O) groups is 1. The quantitative estimate of drug-likeness (QED) is 0.597. The molecule has 136 valence electrons. The first-order chi connectivity index (χ1) is 13.0. The average Bonchev–Trinajstić information content (AvgIpc) is 3.27. The molecule has 3 heterocycles. The van der Waals surface area contributed by atoms with Gasteiger partial charge in [0.05, 0.1) is 5.69 Å². The fourth-order valence-corrected chi connectivity index (χ4v) is 2.75. The number of imidazole rings is 1. The molecule has 4 rings (SSSR count). The number of fused-ring (bicyclic) bond motifs is 1. The maximum Gasteiger partial charge on any atom is 0.291 e. The molecular weight excluding hydrogens is 349 g/mol. The second kappa shape index (κ2) is 6.60. The minimum atomic E-state index is -0.449. The molecule has 4 aromatic rings. The Bertz CT molecular complexity index is 1150. The summed E-state index contributed by atoms with van der Waals surface area (Å²) in [6.07, 6.45) is 4.91. The van der Waals surface area contributed by atoms with Crippen LogP contribution < -0.4 is 5.32 Å². The van der Waals surface area contributed by atoms with Crippen molar-refractivity contribution in [2.24, 2.45) is 0 Å². The van der Waals surface area contributed by atoms with Crippen LogP contribution in [-0.4, -0.2) is 35.0 Å². The molecule has 27 heavy (non-hydrogen) atoms. The lowest BCUT2D eigenvalue weighted by atomic mass is 10.2. The van der Waals surface area contributed by atoms with Gasteiger partial charge in [-0.2, -0.15) is 4.98 Å². The van der Waals surface area contributed by atoms with Gasteiger partial charge in [0.1, 0.15) is 11.6 Å². The van der Waals surface area contributed by atoms with Crippen molar-refractivity contribution in [3.63, 3.8) is 0 Å².